The maximum Gasteiger partial charge on any atom is 1.00 e. The molecule has 9 heteroatoms. The van der Waals surface area contributed by atoms with Gasteiger partial charge in [-0.3, -0.25) is 4.79 Å². The Kier molecular flexibility index (Phi) is 8.85. The molecule has 0 radical (unpaired) electrons. The van der Waals surface area contributed by atoms with Crippen LogP contribution in [0.5, 0.6) is 11.5 Å². The number of methoxy groups -OCH3 is 1. The minimum absolute atomic E-state index is 0. The monoisotopic (exact) mass is 451 g/mol. The molecule has 1 amide bonds. The molecule has 0 fully saturated rings. The number of carbonyl (C=O) groups excluding carboxylic acids is 2. The third-order valence-electron chi connectivity index (χ3n) is 4.17. The summed E-state index contributed by atoms with van der Waals surface area (Å²) < 4.78 is 10.8. The number of carboxylic acid groups (broad SMARTS) is 1. The Morgan fingerprint density at radius 3 is 2.42 bits per heavy atom. The van der Waals surface area contributed by atoms with Crippen molar-refractivity contribution in [2.45, 2.75) is 6.61 Å². The number of nitrogens with one attached hydrogen (secondary N) is 1. The smallest absolute Gasteiger partial charge is 0.545 e. The standard InChI is InChI=1S/C22H17Cl2NO5.Li/c1-29-15-4-2-3-13(9-15)12-30-16-6-8-20(18(11-16)22(27)28)25-21(26)17-7-5-14(23)10-19(17)24;/h2-11H,12H2,1H3,(H,25,26)(H,27,28);/q;+1/p-1. The zero-order valence-corrected chi connectivity index (χ0v) is 18.3. The molecule has 0 heterocycles. The summed E-state index contributed by atoms with van der Waals surface area (Å²) in [4.78, 5) is 24.1. The number of hydrogen-bond donors (Lipinski definition) is 1. The van der Waals surface area contributed by atoms with Gasteiger partial charge in [0.2, 0.25) is 0 Å². The molecular weight excluding hydrogens is 436 g/mol. The second-order valence-corrected chi connectivity index (χ2v) is 7.06. The predicted molar refractivity (Wildman–Crippen MR) is 113 cm³/mol. The zero-order valence-electron chi connectivity index (χ0n) is 16.8. The molecule has 0 atom stereocenters. The minimum atomic E-state index is -1.46. The van der Waals surface area contributed by atoms with Gasteiger partial charge in [0, 0.05) is 10.6 Å². The number of rotatable bonds is 7. The first kappa shape index (κ1) is 24.6. The van der Waals surface area contributed by atoms with Crippen molar-refractivity contribution in [3.05, 3.63) is 87.4 Å². The molecule has 3 aromatic carbocycles. The molecule has 3 aromatic rings. The van der Waals surface area contributed by atoms with E-state index in [9.17, 15) is 14.7 Å². The van der Waals surface area contributed by atoms with Gasteiger partial charge in [-0.2, -0.15) is 0 Å². The van der Waals surface area contributed by atoms with Crippen molar-refractivity contribution in [1.82, 2.24) is 0 Å². The van der Waals surface area contributed by atoms with Gasteiger partial charge in [-0.25, -0.2) is 0 Å². The van der Waals surface area contributed by atoms with Gasteiger partial charge in [-0.05, 0) is 54.1 Å². The van der Waals surface area contributed by atoms with Gasteiger partial charge in [-0.15, -0.1) is 0 Å². The Balaban J connectivity index is 0.00000341. The van der Waals surface area contributed by atoms with Gasteiger partial charge in [0.1, 0.15) is 18.1 Å². The van der Waals surface area contributed by atoms with Crippen LogP contribution in [0.3, 0.4) is 0 Å². The van der Waals surface area contributed by atoms with E-state index >= 15 is 0 Å². The number of hydrogen-bond acceptors (Lipinski definition) is 5. The van der Waals surface area contributed by atoms with Crippen LogP contribution in [-0.2, 0) is 6.61 Å². The van der Waals surface area contributed by atoms with Crippen LogP contribution in [0.15, 0.2) is 60.7 Å². The van der Waals surface area contributed by atoms with Crippen molar-refractivity contribution in [1.29, 1.82) is 0 Å². The van der Waals surface area contributed by atoms with Crippen LogP contribution >= 0.6 is 23.2 Å². The fraction of sp³-hybridized carbons (Fsp3) is 0.0909. The third-order valence-corrected chi connectivity index (χ3v) is 4.72. The van der Waals surface area contributed by atoms with Crippen LogP contribution in [0.2, 0.25) is 10.0 Å². The largest absolute Gasteiger partial charge is 1.00 e. The fourth-order valence-corrected chi connectivity index (χ4v) is 3.18. The number of ether oxygens (including phenoxy) is 2. The summed E-state index contributed by atoms with van der Waals surface area (Å²) >= 11 is 11.9. The van der Waals surface area contributed by atoms with Crippen molar-refractivity contribution in [3.8, 4) is 11.5 Å². The minimum Gasteiger partial charge on any atom is -0.545 e. The van der Waals surface area contributed by atoms with E-state index < -0.39 is 11.9 Å². The second kappa shape index (κ2) is 11.1. The van der Waals surface area contributed by atoms with Gasteiger partial charge in [-0.1, -0.05) is 35.3 Å². The molecule has 31 heavy (non-hydrogen) atoms. The van der Waals surface area contributed by atoms with Crippen molar-refractivity contribution in [2.75, 3.05) is 12.4 Å². The van der Waals surface area contributed by atoms with E-state index in [2.05, 4.69) is 5.32 Å². The molecule has 3 rings (SSSR count). The first-order valence-corrected chi connectivity index (χ1v) is 9.50. The summed E-state index contributed by atoms with van der Waals surface area (Å²) in [5.74, 6) is -1.05. The van der Waals surface area contributed by atoms with E-state index in [4.69, 9.17) is 32.7 Å². The first-order valence-electron chi connectivity index (χ1n) is 8.75. The van der Waals surface area contributed by atoms with Crippen LogP contribution in [0.4, 0.5) is 5.69 Å². The average molecular weight is 452 g/mol. The maximum absolute atomic E-state index is 12.5. The summed E-state index contributed by atoms with van der Waals surface area (Å²) in [5, 5.41) is 14.6. The topological polar surface area (TPSA) is 87.7 Å². The molecule has 0 aromatic heterocycles. The Bertz CT molecular complexity index is 1110. The van der Waals surface area contributed by atoms with Crippen LogP contribution in [0.1, 0.15) is 26.3 Å². The number of benzene rings is 3. The van der Waals surface area contributed by atoms with Crippen LogP contribution < -0.4 is 38.8 Å². The summed E-state index contributed by atoms with van der Waals surface area (Å²) in [7, 11) is 1.57. The molecule has 154 valence electrons. The third kappa shape index (κ3) is 6.43. The Labute approximate surface area is 201 Å². The van der Waals surface area contributed by atoms with E-state index in [1.165, 1.54) is 30.3 Å². The van der Waals surface area contributed by atoms with Crippen molar-refractivity contribution >= 4 is 40.8 Å². The van der Waals surface area contributed by atoms with E-state index in [1.54, 1.807) is 13.2 Å². The molecule has 0 aliphatic carbocycles. The second-order valence-electron chi connectivity index (χ2n) is 6.21. The summed E-state index contributed by atoms with van der Waals surface area (Å²) in [6, 6.07) is 15.9. The Hall–Kier alpha value is -2.62. The Morgan fingerprint density at radius 2 is 1.74 bits per heavy atom. The van der Waals surface area contributed by atoms with Crippen molar-refractivity contribution in [3.63, 3.8) is 0 Å². The first-order chi connectivity index (χ1) is 14.4. The van der Waals surface area contributed by atoms with Crippen molar-refractivity contribution < 1.29 is 43.0 Å². The maximum atomic E-state index is 12.5. The predicted octanol–water partition coefficient (Wildman–Crippen LogP) is 1.20. The average Bonchev–Trinajstić information content (AvgIpc) is 2.72. The van der Waals surface area contributed by atoms with E-state index in [0.717, 1.165) is 5.56 Å². The molecule has 0 saturated carbocycles. The number of anilines is 1. The van der Waals surface area contributed by atoms with Gasteiger partial charge >= 0.3 is 18.9 Å². The normalized spacial score (nSPS) is 10.0. The van der Waals surface area contributed by atoms with Crippen LogP contribution in [-0.4, -0.2) is 19.0 Å². The van der Waals surface area contributed by atoms with E-state index in [1.807, 2.05) is 24.3 Å². The van der Waals surface area contributed by atoms with E-state index in [0.29, 0.717) is 16.5 Å². The fourth-order valence-electron chi connectivity index (χ4n) is 2.68. The van der Waals surface area contributed by atoms with Gasteiger partial charge in [0.05, 0.1) is 29.4 Å². The number of amides is 1. The van der Waals surface area contributed by atoms with Crippen LogP contribution in [0.25, 0.3) is 0 Å². The van der Waals surface area contributed by atoms with Gasteiger partial charge in [0.25, 0.3) is 5.91 Å². The van der Waals surface area contributed by atoms with Gasteiger partial charge < -0.3 is 24.7 Å². The molecule has 0 bridgehead atoms. The molecule has 1 N–H and O–H groups in total. The SMILES string of the molecule is COc1cccc(COc2ccc(NC(=O)c3ccc(Cl)cc3Cl)c(C(=O)[O-])c2)c1.[Li+]. The summed E-state index contributed by atoms with van der Waals surface area (Å²) in [5.41, 5.74) is 0.833. The molecule has 0 unspecified atom stereocenters. The summed E-state index contributed by atoms with van der Waals surface area (Å²) in [6.45, 7) is 0.204. The molecule has 0 spiro atoms. The number of carbonyl (C=O) groups is 2. The van der Waals surface area contributed by atoms with Crippen molar-refractivity contribution in [2.24, 2.45) is 0 Å². The molecule has 0 aliphatic rings. The summed E-state index contributed by atoms with van der Waals surface area (Å²) in [6.07, 6.45) is 0. The molecule has 6 nitrogen and oxygen atoms in total. The Morgan fingerprint density at radius 1 is 0.968 bits per heavy atom. The number of carboxylic acids is 1. The number of halogens is 2. The molecule has 0 aliphatic heterocycles. The van der Waals surface area contributed by atoms with Gasteiger partial charge in [0.15, 0.2) is 0 Å². The molecular formula is C22H16Cl2LiNO5. The number of aromatic carboxylic acids is 1. The van der Waals surface area contributed by atoms with E-state index in [-0.39, 0.29) is 47.3 Å². The zero-order chi connectivity index (χ0) is 21.7. The molecule has 0 saturated heterocycles. The van der Waals surface area contributed by atoms with Crippen LogP contribution in [0, 0.1) is 0 Å². The quantitative estimate of drug-likeness (QED) is 0.545.